The zero-order chi connectivity index (χ0) is 17.6. The first-order valence-electron chi connectivity index (χ1n) is 9.57. The van der Waals surface area contributed by atoms with Crippen molar-refractivity contribution in [2.45, 2.75) is 50.6 Å². The zero-order valence-corrected chi connectivity index (χ0v) is 15.2. The summed E-state index contributed by atoms with van der Waals surface area (Å²) in [5, 5.41) is 3.17. The van der Waals surface area contributed by atoms with E-state index >= 15 is 0 Å². The summed E-state index contributed by atoms with van der Waals surface area (Å²) in [6.07, 6.45) is 5.46. The third-order valence-electron chi connectivity index (χ3n) is 5.60. The third kappa shape index (κ3) is 5.25. The van der Waals surface area contributed by atoms with Crippen molar-refractivity contribution in [2.24, 2.45) is 0 Å². The smallest absolute Gasteiger partial charge is 0.220 e. The SMILES string of the molecule is CN1CCC(N2CCC[C@H](NC(=O)CCc3ccccc3F)C2)CC1. The lowest BCUT2D eigenvalue weighted by Crippen LogP contribution is -2.53. The number of carbonyl (C=O) groups is 1. The molecule has 1 N–H and O–H groups in total. The van der Waals surface area contributed by atoms with Gasteiger partial charge in [0, 0.05) is 25.0 Å². The van der Waals surface area contributed by atoms with Gasteiger partial charge in [-0.15, -0.1) is 0 Å². The number of piperidine rings is 2. The van der Waals surface area contributed by atoms with Gasteiger partial charge in [0.15, 0.2) is 0 Å². The molecule has 25 heavy (non-hydrogen) atoms. The van der Waals surface area contributed by atoms with E-state index in [1.165, 1.54) is 32.0 Å². The first kappa shape index (κ1) is 18.3. The number of aryl methyl sites for hydroxylation is 1. The second-order valence-corrected chi connectivity index (χ2v) is 7.53. The average Bonchev–Trinajstić information content (AvgIpc) is 2.62. The summed E-state index contributed by atoms with van der Waals surface area (Å²) in [4.78, 5) is 17.2. The normalized spacial score (nSPS) is 23.5. The van der Waals surface area contributed by atoms with Crippen molar-refractivity contribution in [3.8, 4) is 0 Å². The summed E-state index contributed by atoms with van der Waals surface area (Å²) < 4.78 is 13.6. The lowest BCUT2D eigenvalue weighted by Gasteiger charge is -2.41. The standard InChI is InChI=1S/C20H30FN3O/c1-23-13-10-18(11-14-23)24-12-4-6-17(15-24)22-20(25)9-8-16-5-2-3-7-19(16)21/h2-3,5,7,17-18H,4,6,8-15H2,1H3,(H,22,25)/t17-/m0/s1. The fraction of sp³-hybridized carbons (Fsp3) is 0.650. The van der Waals surface area contributed by atoms with E-state index in [0.717, 1.165) is 25.9 Å². The minimum absolute atomic E-state index is 0.0403. The Morgan fingerprint density at radius 2 is 1.96 bits per heavy atom. The van der Waals surface area contributed by atoms with E-state index in [1.54, 1.807) is 12.1 Å². The predicted molar refractivity (Wildman–Crippen MR) is 98.0 cm³/mol. The Hall–Kier alpha value is -1.46. The lowest BCUT2D eigenvalue weighted by atomic mass is 9.98. The van der Waals surface area contributed by atoms with Crippen LogP contribution < -0.4 is 5.32 Å². The third-order valence-corrected chi connectivity index (χ3v) is 5.60. The molecule has 0 unspecified atom stereocenters. The molecule has 1 amide bonds. The van der Waals surface area contributed by atoms with Crippen LogP contribution in [0.2, 0.25) is 0 Å². The van der Waals surface area contributed by atoms with Crippen molar-refractivity contribution in [1.82, 2.24) is 15.1 Å². The van der Waals surface area contributed by atoms with Gasteiger partial charge < -0.3 is 10.2 Å². The van der Waals surface area contributed by atoms with Crippen molar-refractivity contribution in [3.63, 3.8) is 0 Å². The molecular formula is C20H30FN3O. The molecule has 2 fully saturated rings. The number of carbonyl (C=O) groups excluding carboxylic acids is 1. The van der Waals surface area contributed by atoms with Crippen LogP contribution in [0.3, 0.4) is 0 Å². The van der Waals surface area contributed by atoms with Crippen molar-refractivity contribution in [2.75, 3.05) is 33.2 Å². The summed E-state index contributed by atoms with van der Waals surface area (Å²) in [5.41, 5.74) is 0.620. The molecule has 0 spiro atoms. The fourth-order valence-electron chi connectivity index (χ4n) is 4.07. The van der Waals surface area contributed by atoms with E-state index in [2.05, 4.69) is 22.2 Å². The topological polar surface area (TPSA) is 35.6 Å². The van der Waals surface area contributed by atoms with Crippen LogP contribution in [0.5, 0.6) is 0 Å². The van der Waals surface area contributed by atoms with E-state index in [-0.39, 0.29) is 17.8 Å². The molecule has 4 nitrogen and oxygen atoms in total. The van der Waals surface area contributed by atoms with Crippen LogP contribution >= 0.6 is 0 Å². The van der Waals surface area contributed by atoms with E-state index in [1.807, 2.05) is 6.07 Å². The van der Waals surface area contributed by atoms with Gasteiger partial charge in [-0.25, -0.2) is 4.39 Å². The average molecular weight is 347 g/mol. The maximum Gasteiger partial charge on any atom is 0.220 e. The van der Waals surface area contributed by atoms with E-state index in [0.29, 0.717) is 24.4 Å². The maximum absolute atomic E-state index is 13.6. The molecule has 1 aromatic carbocycles. The Labute approximate surface area is 150 Å². The molecule has 5 heteroatoms. The van der Waals surface area contributed by atoms with Crippen molar-refractivity contribution < 1.29 is 9.18 Å². The molecular weight excluding hydrogens is 317 g/mol. The highest BCUT2D eigenvalue weighted by Gasteiger charge is 2.28. The molecule has 0 aromatic heterocycles. The molecule has 2 aliphatic rings. The summed E-state index contributed by atoms with van der Waals surface area (Å²) in [5.74, 6) is -0.181. The molecule has 0 radical (unpaired) electrons. The number of halogens is 1. The van der Waals surface area contributed by atoms with E-state index in [4.69, 9.17) is 0 Å². The molecule has 0 aliphatic carbocycles. The molecule has 1 aromatic rings. The van der Waals surface area contributed by atoms with E-state index < -0.39 is 0 Å². The highest BCUT2D eigenvalue weighted by Crippen LogP contribution is 2.20. The van der Waals surface area contributed by atoms with Crippen LogP contribution in [-0.4, -0.2) is 61.0 Å². The minimum Gasteiger partial charge on any atom is -0.352 e. The van der Waals surface area contributed by atoms with Crippen LogP contribution in [0.1, 0.15) is 37.7 Å². The number of nitrogens with one attached hydrogen (secondary N) is 1. The Bertz CT molecular complexity index is 572. The first-order valence-corrected chi connectivity index (χ1v) is 9.57. The summed E-state index contributed by atoms with van der Waals surface area (Å²) in [7, 11) is 2.19. The Balaban J connectivity index is 1.44. The highest BCUT2D eigenvalue weighted by atomic mass is 19.1. The number of likely N-dealkylation sites (tertiary alicyclic amines) is 2. The van der Waals surface area contributed by atoms with Crippen molar-refractivity contribution in [1.29, 1.82) is 0 Å². The molecule has 0 saturated carbocycles. The van der Waals surface area contributed by atoms with Crippen molar-refractivity contribution in [3.05, 3.63) is 35.6 Å². The van der Waals surface area contributed by atoms with Crippen LogP contribution in [0.4, 0.5) is 4.39 Å². The molecule has 0 bridgehead atoms. The first-order chi connectivity index (χ1) is 12.1. The summed E-state index contributed by atoms with van der Waals surface area (Å²) >= 11 is 0. The van der Waals surface area contributed by atoms with Gasteiger partial charge in [-0.05, 0) is 70.4 Å². The Morgan fingerprint density at radius 3 is 2.72 bits per heavy atom. The maximum atomic E-state index is 13.6. The number of hydrogen-bond acceptors (Lipinski definition) is 3. The highest BCUT2D eigenvalue weighted by molar-refractivity contribution is 5.76. The second-order valence-electron chi connectivity index (χ2n) is 7.53. The summed E-state index contributed by atoms with van der Waals surface area (Å²) in [6, 6.07) is 7.60. The Morgan fingerprint density at radius 1 is 1.20 bits per heavy atom. The number of benzene rings is 1. The van der Waals surface area contributed by atoms with Gasteiger partial charge in [-0.3, -0.25) is 9.69 Å². The van der Waals surface area contributed by atoms with Crippen LogP contribution in [0, 0.1) is 5.82 Å². The molecule has 3 rings (SSSR count). The summed E-state index contributed by atoms with van der Waals surface area (Å²) in [6.45, 7) is 4.44. The predicted octanol–water partition coefficient (Wildman–Crippen LogP) is 2.43. The number of rotatable bonds is 5. The van der Waals surface area contributed by atoms with Crippen LogP contribution in [0.25, 0.3) is 0 Å². The molecule has 1 atom stereocenters. The largest absolute Gasteiger partial charge is 0.352 e. The van der Waals surface area contributed by atoms with Gasteiger partial charge in [-0.2, -0.15) is 0 Å². The number of amides is 1. The second kappa shape index (κ2) is 8.77. The zero-order valence-electron chi connectivity index (χ0n) is 15.2. The van der Waals surface area contributed by atoms with Gasteiger partial charge in [-0.1, -0.05) is 18.2 Å². The Kier molecular flexibility index (Phi) is 6.43. The van der Waals surface area contributed by atoms with E-state index in [9.17, 15) is 9.18 Å². The number of hydrogen-bond donors (Lipinski definition) is 1. The van der Waals surface area contributed by atoms with Gasteiger partial charge >= 0.3 is 0 Å². The molecule has 138 valence electrons. The van der Waals surface area contributed by atoms with Gasteiger partial charge in [0.05, 0.1) is 0 Å². The monoisotopic (exact) mass is 347 g/mol. The number of nitrogens with zero attached hydrogens (tertiary/aromatic N) is 2. The molecule has 2 aliphatic heterocycles. The quantitative estimate of drug-likeness (QED) is 0.889. The van der Waals surface area contributed by atoms with Gasteiger partial charge in [0.2, 0.25) is 5.91 Å². The lowest BCUT2D eigenvalue weighted by molar-refractivity contribution is -0.122. The fourth-order valence-corrected chi connectivity index (χ4v) is 4.07. The molecule has 2 saturated heterocycles. The van der Waals surface area contributed by atoms with Crippen LogP contribution in [0.15, 0.2) is 24.3 Å². The van der Waals surface area contributed by atoms with Gasteiger partial charge in [0.25, 0.3) is 0 Å². The minimum atomic E-state index is -0.221. The van der Waals surface area contributed by atoms with Crippen LogP contribution in [-0.2, 0) is 11.2 Å². The van der Waals surface area contributed by atoms with Crippen molar-refractivity contribution >= 4 is 5.91 Å². The molecule has 2 heterocycles. The van der Waals surface area contributed by atoms with Gasteiger partial charge in [0.1, 0.15) is 5.82 Å².